The molecule has 0 radical (unpaired) electrons. The van der Waals surface area contributed by atoms with Crippen LogP contribution in [0.4, 0.5) is 11.4 Å². The zero-order chi connectivity index (χ0) is 36.0. The average molecular weight is 831 g/mol. The topological polar surface area (TPSA) is 42.0 Å². The molecule has 0 aliphatic carbocycles. The summed E-state index contributed by atoms with van der Waals surface area (Å²) in [5.41, 5.74) is 12.4. The second-order valence-electron chi connectivity index (χ2n) is 12.5. The van der Waals surface area contributed by atoms with Gasteiger partial charge >= 0.3 is 176 Å². The summed E-state index contributed by atoms with van der Waals surface area (Å²) in [7, 11) is 11.9. The summed E-state index contributed by atoms with van der Waals surface area (Å²) in [6.07, 6.45) is -0.0161. The minimum Gasteiger partial charge on any atom is -0.502 e. The van der Waals surface area contributed by atoms with Crippen molar-refractivity contribution in [2.24, 2.45) is 0 Å². The third-order valence-electron chi connectivity index (χ3n) is 7.87. The molecule has 49 heavy (non-hydrogen) atoms. The number of carbonyl (C=O) groups excluding carboxylic acids is 1. The van der Waals surface area contributed by atoms with E-state index >= 15 is 0 Å². The molecule has 1 saturated heterocycles. The molecule has 264 valence electrons. The van der Waals surface area contributed by atoms with Crippen LogP contribution in [0.15, 0.2) is 60.7 Å². The number of nitrogens with zero attached hydrogens (tertiary/aromatic N) is 2. The van der Waals surface area contributed by atoms with Crippen molar-refractivity contribution in [1.82, 2.24) is 0 Å². The summed E-state index contributed by atoms with van der Waals surface area (Å²) in [5.74, 6) is 0.112. The molecule has 1 fully saturated rings. The van der Waals surface area contributed by atoms with Gasteiger partial charge in [0.2, 0.25) is 0 Å². The Balaban J connectivity index is 0.000000222. The summed E-state index contributed by atoms with van der Waals surface area (Å²) in [6, 6.07) is 19.1. The molecule has 0 unspecified atom stereocenters. The predicted molar refractivity (Wildman–Crippen MR) is 205 cm³/mol. The first-order valence-electron chi connectivity index (χ1n) is 15.9. The van der Waals surface area contributed by atoms with Gasteiger partial charge in [0.15, 0.2) is 0 Å². The maximum atomic E-state index is 12.5. The number of aryl methyl sites for hydroxylation is 6. The zero-order valence-electron chi connectivity index (χ0n) is 29.1. The quantitative estimate of drug-likeness (QED) is 0.101. The maximum Gasteiger partial charge on any atom is 0.0146 e. The maximum absolute atomic E-state index is 12.5. The van der Waals surface area contributed by atoms with Crippen molar-refractivity contribution < 1.29 is 27.8 Å². The molecule has 0 spiro atoms. The van der Waals surface area contributed by atoms with Crippen LogP contribution in [-0.2, 0) is 24.9 Å². The Bertz CT molecular complexity index is 1750. The second-order valence-corrected chi connectivity index (χ2v) is 19.1. The van der Waals surface area contributed by atoms with Crippen molar-refractivity contribution >= 4 is 64.5 Å². The van der Waals surface area contributed by atoms with Crippen molar-refractivity contribution in [3.63, 3.8) is 0 Å². The molecule has 4 aromatic rings. The Labute approximate surface area is 314 Å². The van der Waals surface area contributed by atoms with Gasteiger partial charge < -0.3 is 9.80 Å². The molecule has 0 amide bonds. The summed E-state index contributed by atoms with van der Waals surface area (Å²) >= 11 is 9.91. The molecule has 0 aromatic heterocycles. The largest absolute Gasteiger partial charge is 0.502 e. The van der Waals surface area contributed by atoms with Crippen LogP contribution in [0.5, 0.6) is 5.75 Å². The summed E-state index contributed by atoms with van der Waals surface area (Å²) in [5, 5.41) is 1.02. The first kappa shape index (κ1) is 39.2. The van der Waals surface area contributed by atoms with Crippen LogP contribution in [0, 0.1) is 48.2 Å². The third kappa shape index (κ3) is 10.7. The fourth-order valence-electron chi connectivity index (χ4n) is 6.23. The van der Waals surface area contributed by atoms with Gasteiger partial charge in [-0.3, -0.25) is 0 Å². The van der Waals surface area contributed by atoms with Gasteiger partial charge in [-0.25, -0.2) is 0 Å². The van der Waals surface area contributed by atoms with Crippen LogP contribution in [0.2, 0.25) is 10.0 Å². The number of benzene rings is 4. The van der Waals surface area contributed by atoms with Crippen LogP contribution >= 0.6 is 42.6 Å². The minimum atomic E-state index is -2.12. The number of anilines is 2. The number of hydrogen-bond donors (Lipinski definition) is 0. The van der Waals surface area contributed by atoms with Crippen molar-refractivity contribution in [2.45, 2.75) is 68.1 Å². The number of halogens is 4. The van der Waals surface area contributed by atoms with Crippen LogP contribution < -0.4 is 14.5 Å². The fourth-order valence-corrected chi connectivity index (χ4v) is 8.41. The molecule has 0 bridgehead atoms. The number of rotatable bonds is 8. The molecule has 1 aliphatic heterocycles. The number of esters is 1. The van der Waals surface area contributed by atoms with Crippen molar-refractivity contribution in [3.8, 4) is 5.75 Å². The smallest absolute Gasteiger partial charge is 0.0146 e. The van der Waals surface area contributed by atoms with E-state index in [1.165, 1.54) is 44.8 Å². The van der Waals surface area contributed by atoms with Crippen molar-refractivity contribution in [3.05, 3.63) is 127 Å². The molecule has 5 rings (SSSR count). The molecule has 1 aliphatic rings. The molecule has 5 nitrogen and oxygen atoms in total. The van der Waals surface area contributed by atoms with E-state index in [0.717, 1.165) is 13.1 Å². The molecule has 1 heterocycles. The monoisotopic (exact) mass is 829 g/mol. The summed E-state index contributed by atoms with van der Waals surface area (Å²) in [6.45, 7) is 21.4. The summed E-state index contributed by atoms with van der Waals surface area (Å²) < 4.78 is 12.8. The number of ether oxygens (including phenoxy) is 2. The van der Waals surface area contributed by atoms with E-state index < -0.39 is 19.5 Å². The van der Waals surface area contributed by atoms with Gasteiger partial charge in [0.05, 0.1) is 0 Å². The normalized spacial score (nSPS) is 12.9. The Morgan fingerprint density at radius 2 is 1.29 bits per heavy atom. The van der Waals surface area contributed by atoms with Crippen LogP contribution in [0.25, 0.3) is 0 Å². The van der Waals surface area contributed by atoms with Crippen LogP contribution in [-0.4, -0.2) is 29.8 Å². The van der Waals surface area contributed by atoms with Gasteiger partial charge in [0, 0.05) is 24.5 Å². The molecular weight excluding hydrogens is 787 g/mol. The van der Waals surface area contributed by atoms with Crippen molar-refractivity contribution in [1.29, 1.82) is 0 Å². The summed E-state index contributed by atoms with van der Waals surface area (Å²) in [4.78, 5) is 17.3. The van der Waals surface area contributed by atoms with Gasteiger partial charge in [0.25, 0.3) is 0 Å². The Morgan fingerprint density at radius 3 is 1.78 bits per heavy atom. The van der Waals surface area contributed by atoms with Crippen molar-refractivity contribution in [2.75, 3.05) is 22.9 Å². The molecular formula is C39H43Cl4N2O3Ru-. The van der Waals surface area contributed by atoms with Crippen LogP contribution in [0.1, 0.15) is 68.7 Å². The average Bonchev–Trinajstić information content (AvgIpc) is 3.44. The molecule has 0 atom stereocenters. The number of carbonyl (C=O) groups is 1. The number of hydrogen-bond acceptors (Lipinski definition) is 5. The Kier molecular flexibility index (Phi) is 14.0. The van der Waals surface area contributed by atoms with Gasteiger partial charge in [-0.15, -0.1) is 0 Å². The Morgan fingerprint density at radius 1 is 0.796 bits per heavy atom. The standard InChI is InChI=1S/C21H27N2.C18H16Cl2O3.2ClH.Ru/c1-14-9-16(3)20(17(4)10-14)22-7-8-23(13-22)21-18(5)11-15(2)12-19(21)6;1-11(2)23-17-7-5-15(20)9-13(17)10-22-18(21)16-6-4-14(19)8-12(16)3;;;/h9-13H,7-8H2,1-6H3;3-9,11H,10H2,1-2H3;2*1H;/q-1;;;;+2/p-2. The minimum absolute atomic E-state index is 0.0161. The Hall–Kier alpha value is -2.60. The molecule has 0 N–H and O–H groups in total. The molecule has 10 heteroatoms. The van der Waals surface area contributed by atoms with Gasteiger partial charge in [-0.05, 0) is 63.8 Å². The van der Waals surface area contributed by atoms with E-state index in [4.69, 9.17) is 52.1 Å². The van der Waals surface area contributed by atoms with Gasteiger partial charge in [-0.2, -0.15) is 6.67 Å². The molecule has 4 aromatic carbocycles. The van der Waals surface area contributed by atoms with Gasteiger partial charge in [-0.1, -0.05) is 35.4 Å². The van der Waals surface area contributed by atoms with E-state index in [1.807, 2.05) is 13.8 Å². The van der Waals surface area contributed by atoms with E-state index in [0.29, 0.717) is 32.5 Å². The van der Waals surface area contributed by atoms with E-state index in [9.17, 15) is 4.79 Å². The third-order valence-corrected chi connectivity index (χ3v) is 10.2. The SMILES string of the molecule is CC(C)Oc1ccc(Cl)cc1COC(=O)c1ccc(Cl)cc1[CH]=[Ru]([Cl])[Cl].Cc1cc(C)c(N2[CH-]N(c3c(C)cc(C)cc3C)CC2)c(C)c1. The zero-order valence-corrected chi connectivity index (χ0v) is 33.9. The second kappa shape index (κ2) is 17.6. The first-order valence-corrected chi connectivity index (χ1v) is 22.2. The fraction of sp³-hybridized carbons (Fsp3) is 0.308. The van der Waals surface area contributed by atoms with Crippen LogP contribution in [0.3, 0.4) is 0 Å². The van der Waals surface area contributed by atoms with E-state index in [1.54, 1.807) is 41.0 Å². The molecule has 0 saturated carbocycles. The van der Waals surface area contributed by atoms with Gasteiger partial charge in [0.1, 0.15) is 0 Å². The van der Waals surface area contributed by atoms with E-state index in [2.05, 4.69) is 82.3 Å². The first-order chi connectivity index (χ1) is 23.1. The predicted octanol–water partition coefficient (Wildman–Crippen LogP) is 11.2. The van der Waals surface area contributed by atoms with E-state index in [-0.39, 0.29) is 12.7 Å².